The molecule has 7 fully saturated rings. The lowest BCUT2D eigenvalue weighted by Gasteiger charge is -2.60. The van der Waals surface area contributed by atoms with Crippen molar-refractivity contribution in [2.75, 3.05) is 6.61 Å². The molecule has 0 spiro atoms. The molecule has 0 amide bonds. The molecule has 6 unspecified atom stereocenters. The van der Waals surface area contributed by atoms with Crippen molar-refractivity contribution in [3.05, 3.63) is 0 Å². The van der Waals surface area contributed by atoms with E-state index in [0.717, 1.165) is 19.3 Å². The monoisotopic (exact) mass is 518 g/mol. The van der Waals surface area contributed by atoms with E-state index in [1.807, 2.05) is 0 Å². The lowest BCUT2D eigenvalue weighted by atomic mass is 9.48. The van der Waals surface area contributed by atoms with Crippen molar-refractivity contribution < 1.29 is 50.3 Å². The maximum atomic E-state index is 13.7. The molecule has 1 heterocycles. The van der Waals surface area contributed by atoms with Crippen molar-refractivity contribution in [1.29, 1.82) is 0 Å². The predicted octanol–water partition coefficient (Wildman–Crippen LogP) is 2.62. The van der Waals surface area contributed by atoms with E-state index in [1.165, 1.54) is 0 Å². The Bertz CT molecular complexity index is 1090. The Morgan fingerprint density at radius 1 is 1.06 bits per heavy atom. The number of alkyl halides is 2. The minimum atomic E-state index is -5.95. The number of hydrogen-bond acceptors (Lipinski definition) is 8. The molecule has 7 aliphatic rings. The number of rotatable bonds is 7. The molecule has 0 aromatic rings. The Morgan fingerprint density at radius 2 is 1.74 bits per heavy atom. The van der Waals surface area contributed by atoms with Crippen LogP contribution in [-0.2, 0) is 38.7 Å². The first-order valence-electron chi connectivity index (χ1n) is 12.2. The number of carbonyl (C=O) groups is 3. The highest BCUT2D eigenvalue weighted by Crippen LogP contribution is 2.64. The number of ether oxygens (including phenoxy) is 3. The fourth-order valence-corrected chi connectivity index (χ4v) is 9.28. The van der Waals surface area contributed by atoms with Crippen LogP contribution < -0.4 is 0 Å². The normalized spacial score (nSPS) is 45.0. The SMILES string of the molecule is O=C(CC12CC3CC(C(=O)O1)C2C3)OC12CC3CC(CC(COC(=O)C(F)(F)S(=O)(=O)O)(C3)C1)C2. The van der Waals surface area contributed by atoms with Crippen LogP contribution in [0, 0.1) is 35.0 Å². The highest BCUT2D eigenvalue weighted by Gasteiger charge is 2.67. The van der Waals surface area contributed by atoms with Gasteiger partial charge in [0.25, 0.3) is 0 Å². The Kier molecular flexibility index (Phi) is 4.81. The molecule has 6 atom stereocenters. The third-order valence-electron chi connectivity index (χ3n) is 9.55. The van der Waals surface area contributed by atoms with Crippen LogP contribution in [0.15, 0.2) is 0 Å². The molecule has 12 heteroatoms. The largest absolute Gasteiger partial charge is 0.465 e. The van der Waals surface area contributed by atoms with Gasteiger partial charge in [0.05, 0.1) is 18.9 Å². The van der Waals surface area contributed by atoms with Crippen LogP contribution in [0.2, 0.25) is 0 Å². The van der Waals surface area contributed by atoms with Gasteiger partial charge in [-0.25, -0.2) is 4.79 Å². The zero-order chi connectivity index (χ0) is 25.0. The molecule has 1 N–H and O–H groups in total. The first-order chi connectivity index (χ1) is 16.2. The summed E-state index contributed by atoms with van der Waals surface area (Å²) >= 11 is 0. The van der Waals surface area contributed by atoms with E-state index < -0.39 is 50.5 Å². The molecule has 6 aliphatic carbocycles. The molecule has 7 rings (SSSR count). The van der Waals surface area contributed by atoms with Crippen molar-refractivity contribution in [3.63, 3.8) is 0 Å². The lowest BCUT2D eigenvalue weighted by molar-refractivity contribution is -0.215. The molecule has 0 radical (unpaired) electrons. The lowest BCUT2D eigenvalue weighted by Crippen LogP contribution is -2.59. The minimum absolute atomic E-state index is 0.00998. The van der Waals surface area contributed by atoms with Gasteiger partial charge >= 0.3 is 33.3 Å². The fourth-order valence-electron chi connectivity index (χ4n) is 9.01. The van der Waals surface area contributed by atoms with Gasteiger partial charge in [0.1, 0.15) is 11.2 Å². The van der Waals surface area contributed by atoms with E-state index in [0.29, 0.717) is 44.4 Å². The Balaban J connectivity index is 1.15. The average Bonchev–Trinajstić information content (AvgIpc) is 3.31. The predicted molar refractivity (Wildman–Crippen MR) is 111 cm³/mol. The van der Waals surface area contributed by atoms with E-state index >= 15 is 0 Å². The maximum absolute atomic E-state index is 13.7. The summed E-state index contributed by atoms with van der Waals surface area (Å²) in [6.07, 6.45) is 6.09. The van der Waals surface area contributed by atoms with Crippen LogP contribution in [-0.4, -0.2) is 53.9 Å². The summed E-state index contributed by atoms with van der Waals surface area (Å²) in [5.41, 5.74) is -2.29. The van der Waals surface area contributed by atoms with Gasteiger partial charge in [-0.2, -0.15) is 17.2 Å². The molecule has 9 nitrogen and oxygen atoms in total. The zero-order valence-corrected chi connectivity index (χ0v) is 19.9. The van der Waals surface area contributed by atoms with Crippen molar-refractivity contribution in [1.82, 2.24) is 0 Å². The van der Waals surface area contributed by atoms with Crippen molar-refractivity contribution >= 4 is 28.0 Å². The van der Waals surface area contributed by atoms with Gasteiger partial charge in [-0.15, -0.1) is 0 Å². The van der Waals surface area contributed by atoms with Gasteiger partial charge < -0.3 is 14.2 Å². The number of halogens is 2. The molecular weight excluding hydrogens is 490 g/mol. The van der Waals surface area contributed by atoms with Crippen LogP contribution >= 0.6 is 0 Å². The van der Waals surface area contributed by atoms with E-state index in [2.05, 4.69) is 0 Å². The van der Waals surface area contributed by atoms with Crippen LogP contribution in [0.4, 0.5) is 8.78 Å². The third kappa shape index (κ3) is 3.53. The molecule has 194 valence electrons. The number of esters is 3. The summed E-state index contributed by atoms with van der Waals surface area (Å²) in [5, 5.41) is -5.05. The maximum Gasteiger partial charge on any atom is 0.465 e. The summed E-state index contributed by atoms with van der Waals surface area (Å²) < 4.78 is 74.3. The molecule has 6 bridgehead atoms. The van der Waals surface area contributed by atoms with Gasteiger partial charge in [-0.3, -0.25) is 14.1 Å². The Hall–Kier alpha value is -1.82. The van der Waals surface area contributed by atoms with Crippen molar-refractivity contribution in [2.45, 2.75) is 80.7 Å². The van der Waals surface area contributed by atoms with Gasteiger partial charge in [0.15, 0.2) is 0 Å². The van der Waals surface area contributed by atoms with Crippen molar-refractivity contribution in [2.24, 2.45) is 35.0 Å². The van der Waals surface area contributed by atoms with Crippen LogP contribution in [0.3, 0.4) is 0 Å². The molecule has 0 aromatic heterocycles. The highest BCUT2D eigenvalue weighted by atomic mass is 32.2. The minimum Gasteiger partial charge on any atom is -0.460 e. The summed E-state index contributed by atoms with van der Waals surface area (Å²) in [4.78, 5) is 37.2. The molecule has 35 heavy (non-hydrogen) atoms. The number of hydrogen-bond donors (Lipinski definition) is 1. The topological polar surface area (TPSA) is 133 Å². The van der Waals surface area contributed by atoms with Gasteiger partial charge in [-0.05, 0) is 75.5 Å². The van der Waals surface area contributed by atoms with E-state index in [1.54, 1.807) is 0 Å². The zero-order valence-electron chi connectivity index (χ0n) is 19.0. The Morgan fingerprint density at radius 3 is 2.37 bits per heavy atom. The average molecular weight is 519 g/mol. The summed E-state index contributed by atoms with van der Waals surface area (Å²) in [6, 6.07) is 0. The van der Waals surface area contributed by atoms with Gasteiger partial charge in [0, 0.05) is 11.3 Å². The first kappa shape index (κ1) is 23.6. The van der Waals surface area contributed by atoms with E-state index in [4.69, 9.17) is 18.8 Å². The molecule has 1 aliphatic heterocycles. The summed E-state index contributed by atoms with van der Waals surface area (Å²) in [5.74, 6) is -2.31. The van der Waals surface area contributed by atoms with E-state index in [-0.39, 0.29) is 36.1 Å². The molecule has 6 saturated carbocycles. The molecule has 1 saturated heterocycles. The van der Waals surface area contributed by atoms with Gasteiger partial charge in [-0.1, -0.05) is 0 Å². The highest BCUT2D eigenvalue weighted by molar-refractivity contribution is 7.87. The summed E-state index contributed by atoms with van der Waals surface area (Å²) in [7, 11) is -5.95. The van der Waals surface area contributed by atoms with Crippen LogP contribution in [0.1, 0.15) is 64.2 Å². The molecule has 0 aromatic carbocycles. The second-order valence-corrected chi connectivity index (χ2v) is 13.6. The standard InChI is InChI=1S/C23H28F2O9S/c24-23(25,35(29,30)31)19(28)32-11-20-4-13-1-14(5-20)7-21(6-13,10-20)33-17(26)9-22-8-12-2-15(16(22)3-12)18(27)34-22/h12-16H,1-11H2,(H,29,30,31). The van der Waals surface area contributed by atoms with Crippen molar-refractivity contribution in [3.8, 4) is 0 Å². The fraction of sp³-hybridized carbons (Fsp3) is 0.870. The Labute approximate surface area is 201 Å². The van der Waals surface area contributed by atoms with Gasteiger partial charge in [0.2, 0.25) is 0 Å². The number of carbonyl (C=O) groups excluding carboxylic acids is 3. The van der Waals surface area contributed by atoms with E-state index in [9.17, 15) is 31.6 Å². The molecular formula is C23H28F2O9S. The number of fused-ring (bicyclic) bond motifs is 1. The van der Waals surface area contributed by atoms with Crippen LogP contribution in [0.5, 0.6) is 0 Å². The second kappa shape index (κ2) is 7.14. The quantitative estimate of drug-likeness (QED) is 0.307. The smallest absolute Gasteiger partial charge is 0.460 e. The third-order valence-corrected chi connectivity index (χ3v) is 10.4. The van der Waals surface area contributed by atoms with Crippen LogP contribution in [0.25, 0.3) is 0 Å². The second-order valence-electron chi connectivity index (χ2n) is 12.1. The first-order valence-corrected chi connectivity index (χ1v) is 13.6. The summed E-state index contributed by atoms with van der Waals surface area (Å²) in [6.45, 7) is -0.434.